The second kappa shape index (κ2) is 4.30. The highest BCUT2D eigenvalue weighted by Crippen LogP contribution is 2.35. The van der Waals surface area contributed by atoms with Gasteiger partial charge in [-0.25, -0.2) is 0 Å². The zero-order chi connectivity index (χ0) is 14.3. The number of carbonyl (C=O) groups excluding carboxylic acids is 1. The van der Waals surface area contributed by atoms with E-state index in [1.54, 1.807) is 6.07 Å². The van der Waals surface area contributed by atoms with Crippen molar-refractivity contribution in [2.45, 2.75) is 52.4 Å². The number of anilines is 1. The van der Waals surface area contributed by atoms with Gasteiger partial charge in [0.05, 0.1) is 5.97 Å². The van der Waals surface area contributed by atoms with Crippen LogP contribution >= 0.6 is 0 Å². The van der Waals surface area contributed by atoms with Crippen LogP contribution in [0.5, 0.6) is 0 Å². The van der Waals surface area contributed by atoms with Crippen molar-refractivity contribution in [1.82, 2.24) is 0 Å². The highest BCUT2D eigenvalue weighted by Gasteiger charge is 2.23. The molecule has 3 nitrogen and oxygen atoms in total. The van der Waals surface area contributed by atoms with Crippen molar-refractivity contribution in [3.8, 4) is 0 Å². The quantitative estimate of drug-likeness (QED) is 0.775. The van der Waals surface area contributed by atoms with Crippen LogP contribution in [-0.2, 0) is 10.8 Å². The number of carbonyl (C=O) groups is 1. The molecule has 0 radical (unpaired) electrons. The molecule has 2 N–H and O–H groups in total. The Hall–Kier alpha value is -1.51. The number of rotatable bonds is 1. The first-order valence-corrected chi connectivity index (χ1v) is 6.10. The van der Waals surface area contributed by atoms with Crippen LogP contribution in [0.15, 0.2) is 12.1 Å². The third kappa shape index (κ3) is 2.84. The smallest absolute Gasteiger partial charge is 0.0736 e. The van der Waals surface area contributed by atoms with Crippen LogP contribution in [0.3, 0.4) is 0 Å². The number of hydrogen-bond donors (Lipinski definition) is 1. The molecule has 0 atom stereocenters. The average Bonchev–Trinajstić information content (AvgIpc) is 2.13. The molecular formula is C15H22NO2-. The minimum absolute atomic E-state index is 0.0901. The van der Waals surface area contributed by atoms with Crippen molar-refractivity contribution in [3.05, 3.63) is 28.8 Å². The lowest BCUT2D eigenvalue weighted by Crippen LogP contribution is -2.27. The summed E-state index contributed by atoms with van der Waals surface area (Å²) in [4.78, 5) is 11.2. The molecule has 0 aliphatic heterocycles. The van der Waals surface area contributed by atoms with E-state index < -0.39 is 5.97 Å². The Morgan fingerprint density at radius 1 is 1.06 bits per heavy atom. The normalized spacial score (nSPS) is 12.6. The van der Waals surface area contributed by atoms with E-state index >= 15 is 0 Å². The van der Waals surface area contributed by atoms with Gasteiger partial charge in [0.15, 0.2) is 0 Å². The van der Waals surface area contributed by atoms with Crippen molar-refractivity contribution in [1.29, 1.82) is 0 Å². The summed E-state index contributed by atoms with van der Waals surface area (Å²) in [5.74, 6) is -1.22. The fourth-order valence-corrected chi connectivity index (χ4v) is 1.88. The first kappa shape index (κ1) is 14.6. The lowest BCUT2D eigenvalue weighted by atomic mass is 9.78. The number of benzene rings is 1. The summed E-state index contributed by atoms with van der Waals surface area (Å²) in [5, 5.41) is 11.2. The monoisotopic (exact) mass is 248 g/mol. The summed E-state index contributed by atoms with van der Waals surface area (Å²) < 4.78 is 0. The highest BCUT2D eigenvalue weighted by molar-refractivity contribution is 5.93. The number of aromatic carboxylic acids is 1. The maximum atomic E-state index is 11.2. The van der Waals surface area contributed by atoms with Gasteiger partial charge in [-0.3, -0.25) is 0 Å². The molecular weight excluding hydrogens is 226 g/mol. The molecule has 3 heteroatoms. The predicted molar refractivity (Wildman–Crippen MR) is 72.6 cm³/mol. The summed E-state index contributed by atoms with van der Waals surface area (Å²) >= 11 is 0. The predicted octanol–water partition coefficient (Wildman–Crippen LogP) is 2.23. The summed E-state index contributed by atoms with van der Waals surface area (Å²) in [6, 6.07) is 3.63. The van der Waals surface area contributed by atoms with Gasteiger partial charge in [0.1, 0.15) is 0 Å². The van der Waals surface area contributed by atoms with E-state index in [1.165, 1.54) is 0 Å². The van der Waals surface area contributed by atoms with Gasteiger partial charge in [-0.1, -0.05) is 47.6 Å². The van der Waals surface area contributed by atoms with Gasteiger partial charge in [-0.15, -0.1) is 0 Å². The summed E-state index contributed by atoms with van der Waals surface area (Å²) in [6.07, 6.45) is 0. The van der Waals surface area contributed by atoms with Crippen LogP contribution in [-0.4, -0.2) is 5.97 Å². The molecule has 0 unspecified atom stereocenters. The van der Waals surface area contributed by atoms with Crippen molar-refractivity contribution in [2.75, 3.05) is 5.73 Å². The molecule has 0 spiro atoms. The number of nitrogens with two attached hydrogens (primary N) is 1. The number of nitrogen functional groups attached to an aromatic ring is 1. The fourth-order valence-electron chi connectivity index (χ4n) is 1.88. The molecule has 1 aromatic carbocycles. The first-order valence-electron chi connectivity index (χ1n) is 6.10. The Bertz CT molecular complexity index is 476. The van der Waals surface area contributed by atoms with Crippen LogP contribution in [0.4, 0.5) is 5.69 Å². The van der Waals surface area contributed by atoms with E-state index in [-0.39, 0.29) is 16.4 Å². The Labute approximate surface area is 109 Å². The van der Waals surface area contributed by atoms with Gasteiger partial charge >= 0.3 is 0 Å². The SMILES string of the molecule is CC(C)(C)c1cc(C(=O)[O-])c(N)c(C(C)(C)C)c1. The molecule has 0 amide bonds. The molecule has 18 heavy (non-hydrogen) atoms. The van der Waals surface area contributed by atoms with Crippen LogP contribution < -0.4 is 10.8 Å². The fraction of sp³-hybridized carbons (Fsp3) is 0.533. The van der Waals surface area contributed by atoms with E-state index in [0.717, 1.165) is 11.1 Å². The molecule has 0 fully saturated rings. The van der Waals surface area contributed by atoms with Gasteiger partial charge in [-0.05, 0) is 28.0 Å². The highest BCUT2D eigenvalue weighted by atomic mass is 16.4. The summed E-state index contributed by atoms with van der Waals surface area (Å²) in [7, 11) is 0. The lowest BCUT2D eigenvalue weighted by Gasteiger charge is -2.28. The molecule has 0 heterocycles. The molecule has 0 saturated carbocycles. The zero-order valence-electron chi connectivity index (χ0n) is 12.0. The Morgan fingerprint density at radius 3 is 1.89 bits per heavy atom. The molecule has 0 saturated heterocycles. The zero-order valence-corrected chi connectivity index (χ0v) is 12.0. The molecule has 0 aromatic heterocycles. The number of carboxylic acid groups (broad SMARTS) is 1. The maximum Gasteiger partial charge on any atom is 0.0736 e. The molecule has 1 rings (SSSR count). The van der Waals surface area contributed by atoms with Crippen LogP contribution in [0.1, 0.15) is 63.0 Å². The third-order valence-electron chi connectivity index (χ3n) is 3.07. The van der Waals surface area contributed by atoms with Crippen molar-refractivity contribution in [2.24, 2.45) is 0 Å². The molecule has 0 aliphatic carbocycles. The van der Waals surface area contributed by atoms with Gasteiger partial charge in [0, 0.05) is 11.3 Å². The maximum absolute atomic E-state index is 11.2. The molecule has 0 bridgehead atoms. The Morgan fingerprint density at radius 2 is 1.56 bits per heavy atom. The number of carboxylic acids is 1. The number of hydrogen-bond acceptors (Lipinski definition) is 3. The van der Waals surface area contributed by atoms with Crippen LogP contribution in [0.2, 0.25) is 0 Å². The van der Waals surface area contributed by atoms with Gasteiger partial charge in [-0.2, -0.15) is 0 Å². The van der Waals surface area contributed by atoms with Crippen molar-refractivity contribution < 1.29 is 9.90 Å². The van der Waals surface area contributed by atoms with Crippen LogP contribution in [0.25, 0.3) is 0 Å². The van der Waals surface area contributed by atoms with E-state index in [2.05, 4.69) is 0 Å². The van der Waals surface area contributed by atoms with Gasteiger partial charge in [0.25, 0.3) is 0 Å². The largest absolute Gasteiger partial charge is 0.545 e. The third-order valence-corrected chi connectivity index (χ3v) is 3.07. The van der Waals surface area contributed by atoms with E-state index in [9.17, 15) is 9.90 Å². The first-order chi connectivity index (χ1) is 7.94. The minimum atomic E-state index is -1.22. The van der Waals surface area contributed by atoms with E-state index in [1.807, 2.05) is 47.6 Å². The van der Waals surface area contributed by atoms with Crippen molar-refractivity contribution >= 4 is 11.7 Å². The van der Waals surface area contributed by atoms with E-state index in [4.69, 9.17) is 5.73 Å². The Balaban J connectivity index is 3.63. The molecule has 0 aliphatic rings. The molecule has 1 aromatic rings. The topological polar surface area (TPSA) is 66.1 Å². The van der Waals surface area contributed by atoms with Crippen LogP contribution in [0, 0.1) is 0 Å². The standard InChI is InChI=1S/C15H23NO2/c1-14(2,3)9-7-10(13(17)18)12(16)11(8-9)15(4,5)6/h7-8H,16H2,1-6H3,(H,17,18)/p-1. The second-order valence-corrected chi connectivity index (χ2v) is 6.77. The van der Waals surface area contributed by atoms with Gasteiger partial charge in [0.2, 0.25) is 0 Å². The second-order valence-electron chi connectivity index (χ2n) is 6.77. The van der Waals surface area contributed by atoms with Gasteiger partial charge < -0.3 is 15.6 Å². The van der Waals surface area contributed by atoms with E-state index in [0.29, 0.717) is 5.69 Å². The lowest BCUT2D eigenvalue weighted by molar-refractivity contribution is -0.254. The average molecular weight is 248 g/mol. The van der Waals surface area contributed by atoms with Crippen molar-refractivity contribution in [3.63, 3.8) is 0 Å². The minimum Gasteiger partial charge on any atom is -0.545 e. The summed E-state index contributed by atoms with van der Waals surface area (Å²) in [5.41, 5.74) is 7.86. The molecule has 100 valence electrons. The summed E-state index contributed by atoms with van der Waals surface area (Å²) in [6.45, 7) is 12.2. The Kier molecular flexibility index (Phi) is 3.48.